The van der Waals surface area contributed by atoms with Gasteiger partial charge in [0.25, 0.3) is 0 Å². The molecule has 3 aromatic carbocycles. The molecule has 0 bridgehead atoms. The lowest BCUT2D eigenvalue weighted by Crippen LogP contribution is -2.46. The van der Waals surface area contributed by atoms with Crippen LogP contribution in [-0.2, 0) is 4.79 Å². The fourth-order valence-electron chi connectivity index (χ4n) is 6.45. The molecule has 220 valence electrons. The molecule has 0 spiro atoms. The molecule has 7 rings (SSSR count). The van der Waals surface area contributed by atoms with Crippen molar-refractivity contribution < 1.29 is 4.79 Å². The summed E-state index contributed by atoms with van der Waals surface area (Å²) in [6.45, 7) is 5.76. The number of aromatic nitrogens is 4. The Morgan fingerprint density at radius 2 is 1.63 bits per heavy atom. The number of hydrogen-bond donors (Lipinski definition) is 4. The number of carbonyl (C=O) groups is 1. The number of hydrogen-bond acceptors (Lipinski definition) is 5. The zero-order chi connectivity index (χ0) is 29.5. The maximum atomic E-state index is 13.0. The Balaban J connectivity index is 1.07. The van der Waals surface area contributed by atoms with Crippen LogP contribution in [-0.4, -0.2) is 49.9 Å². The number of carbonyl (C=O) groups excluding carboxylic acids is 1. The van der Waals surface area contributed by atoms with Crippen LogP contribution in [0.4, 0.5) is 0 Å². The van der Waals surface area contributed by atoms with E-state index in [0.717, 1.165) is 71.9 Å². The molecule has 1 amide bonds. The van der Waals surface area contributed by atoms with Crippen LogP contribution in [0.15, 0.2) is 73.1 Å². The Labute approximate surface area is 252 Å². The average molecular weight is 574 g/mol. The van der Waals surface area contributed by atoms with E-state index >= 15 is 0 Å². The van der Waals surface area contributed by atoms with Crippen molar-refractivity contribution in [3.05, 3.63) is 84.7 Å². The SMILES string of the molecule is CC(C)[C@@H](N)C(=O)N1CCC[C@H]1c1nc(-c2ccc3cc(-c4ccc(-c5cnc([C@@H]6CCCN6)[nH]5)cc4)ccc3c2)c[nH]1. The summed E-state index contributed by atoms with van der Waals surface area (Å²) in [6, 6.07) is 21.5. The van der Waals surface area contributed by atoms with E-state index in [0.29, 0.717) is 6.04 Å². The Bertz CT molecular complexity index is 1750. The first-order valence-corrected chi connectivity index (χ1v) is 15.5. The smallest absolute Gasteiger partial charge is 0.240 e. The molecule has 8 nitrogen and oxygen atoms in total. The highest BCUT2D eigenvalue weighted by atomic mass is 16.2. The Hall–Kier alpha value is -4.27. The summed E-state index contributed by atoms with van der Waals surface area (Å²) < 4.78 is 0. The van der Waals surface area contributed by atoms with E-state index in [-0.39, 0.29) is 17.9 Å². The van der Waals surface area contributed by atoms with Gasteiger partial charge in [-0.15, -0.1) is 0 Å². The molecular weight excluding hydrogens is 534 g/mol. The van der Waals surface area contributed by atoms with E-state index < -0.39 is 6.04 Å². The van der Waals surface area contributed by atoms with Crippen LogP contribution >= 0.6 is 0 Å². The lowest BCUT2D eigenvalue weighted by molar-refractivity contribution is -0.134. The third-order valence-electron chi connectivity index (χ3n) is 9.10. The fourth-order valence-corrected chi connectivity index (χ4v) is 6.45. The molecule has 0 unspecified atom stereocenters. The number of H-pyrrole nitrogens is 2. The molecule has 2 fully saturated rings. The minimum atomic E-state index is -0.484. The van der Waals surface area contributed by atoms with Crippen molar-refractivity contribution >= 4 is 16.7 Å². The standard InChI is InChI=1S/C35H39N7O/c1-21(2)32(36)35(43)42-16-4-6-31(42)34-39-20-30(41-34)27-14-13-25-17-24(11-12-26(25)18-27)22-7-9-23(10-8-22)29-19-38-33(40-29)28-5-3-15-37-28/h7-14,17-21,28,31-32,37H,3-6,15-16,36H2,1-2H3,(H,38,40)(H,39,41)/t28-,31-,32+/m0/s1. The molecule has 4 heterocycles. The molecule has 2 saturated heterocycles. The molecule has 0 saturated carbocycles. The van der Waals surface area contributed by atoms with Gasteiger partial charge >= 0.3 is 0 Å². The lowest BCUT2D eigenvalue weighted by Gasteiger charge is -2.27. The van der Waals surface area contributed by atoms with Gasteiger partial charge in [-0.2, -0.15) is 0 Å². The normalized spacial score (nSPS) is 19.5. The summed E-state index contributed by atoms with van der Waals surface area (Å²) in [7, 11) is 0. The fraction of sp³-hybridized carbons (Fsp3) is 0.343. The molecule has 5 N–H and O–H groups in total. The second-order valence-corrected chi connectivity index (χ2v) is 12.3. The van der Waals surface area contributed by atoms with E-state index in [9.17, 15) is 4.79 Å². The highest BCUT2D eigenvalue weighted by molar-refractivity contribution is 5.90. The van der Waals surface area contributed by atoms with Gasteiger partial charge in [0.15, 0.2) is 0 Å². The summed E-state index contributed by atoms with van der Waals surface area (Å²) in [5.74, 6) is 1.97. The predicted octanol–water partition coefficient (Wildman–Crippen LogP) is 6.36. The molecule has 2 aliphatic rings. The van der Waals surface area contributed by atoms with Crippen molar-refractivity contribution in [1.82, 2.24) is 30.2 Å². The van der Waals surface area contributed by atoms with Crippen molar-refractivity contribution in [3.63, 3.8) is 0 Å². The zero-order valence-electron chi connectivity index (χ0n) is 24.8. The molecular formula is C35H39N7O. The van der Waals surface area contributed by atoms with Gasteiger partial charge in [0.2, 0.25) is 5.91 Å². The third-order valence-corrected chi connectivity index (χ3v) is 9.10. The summed E-state index contributed by atoms with van der Waals surface area (Å²) in [6.07, 6.45) is 8.07. The lowest BCUT2D eigenvalue weighted by atomic mass is 9.98. The van der Waals surface area contributed by atoms with Crippen molar-refractivity contribution in [1.29, 1.82) is 0 Å². The van der Waals surface area contributed by atoms with Crippen LogP contribution in [0.2, 0.25) is 0 Å². The van der Waals surface area contributed by atoms with E-state index in [4.69, 9.17) is 10.7 Å². The number of nitrogens with two attached hydrogens (primary N) is 1. The number of rotatable bonds is 7. The maximum absolute atomic E-state index is 13.0. The first-order valence-electron chi connectivity index (χ1n) is 15.5. The van der Waals surface area contributed by atoms with Gasteiger partial charge in [-0.1, -0.05) is 62.4 Å². The predicted molar refractivity (Wildman–Crippen MR) is 171 cm³/mol. The number of fused-ring (bicyclic) bond motifs is 1. The largest absolute Gasteiger partial charge is 0.346 e. The van der Waals surface area contributed by atoms with Crippen molar-refractivity contribution in [2.24, 2.45) is 11.7 Å². The molecule has 2 aliphatic heterocycles. The quantitative estimate of drug-likeness (QED) is 0.181. The number of nitrogens with zero attached hydrogens (tertiary/aromatic N) is 3. The van der Waals surface area contributed by atoms with Gasteiger partial charge in [-0.3, -0.25) is 4.79 Å². The summed E-state index contributed by atoms with van der Waals surface area (Å²) in [5.41, 5.74) is 12.7. The average Bonchev–Trinajstić information content (AvgIpc) is 3.86. The van der Waals surface area contributed by atoms with E-state index in [1.54, 1.807) is 0 Å². The minimum absolute atomic E-state index is 0.0129. The van der Waals surface area contributed by atoms with Gasteiger partial charge in [0, 0.05) is 18.3 Å². The molecule has 0 aliphatic carbocycles. The third kappa shape index (κ3) is 5.37. The van der Waals surface area contributed by atoms with E-state index in [2.05, 4.69) is 80.9 Å². The highest BCUT2D eigenvalue weighted by Gasteiger charge is 2.35. The van der Waals surface area contributed by atoms with Crippen LogP contribution in [0.25, 0.3) is 44.4 Å². The molecule has 2 aromatic heterocycles. The second kappa shape index (κ2) is 11.4. The van der Waals surface area contributed by atoms with E-state index in [1.807, 2.05) is 31.1 Å². The molecule has 43 heavy (non-hydrogen) atoms. The van der Waals surface area contributed by atoms with Crippen LogP contribution in [0.3, 0.4) is 0 Å². The Morgan fingerprint density at radius 3 is 2.37 bits per heavy atom. The van der Waals surface area contributed by atoms with Crippen LogP contribution < -0.4 is 11.1 Å². The van der Waals surface area contributed by atoms with Gasteiger partial charge in [0.1, 0.15) is 11.6 Å². The van der Waals surface area contributed by atoms with Crippen LogP contribution in [0, 0.1) is 5.92 Å². The number of imidazole rings is 2. The number of nitrogens with one attached hydrogen (secondary N) is 3. The zero-order valence-corrected chi connectivity index (χ0v) is 24.8. The molecule has 3 atom stereocenters. The van der Waals surface area contributed by atoms with Gasteiger partial charge < -0.3 is 25.9 Å². The summed E-state index contributed by atoms with van der Waals surface area (Å²) in [4.78, 5) is 31.3. The molecule has 5 aromatic rings. The monoisotopic (exact) mass is 573 g/mol. The van der Waals surface area contributed by atoms with Gasteiger partial charge in [-0.25, -0.2) is 9.97 Å². The van der Waals surface area contributed by atoms with Gasteiger partial charge in [-0.05, 0) is 77.7 Å². The maximum Gasteiger partial charge on any atom is 0.240 e. The van der Waals surface area contributed by atoms with Crippen LogP contribution in [0.1, 0.15) is 63.3 Å². The number of aromatic amines is 2. The number of benzene rings is 3. The molecule has 0 radical (unpaired) electrons. The van der Waals surface area contributed by atoms with Gasteiger partial charge in [0.05, 0.1) is 35.7 Å². The van der Waals surface area contributed by atoms with Crippen molar-refractivity contribution in [2.75, 3.05) is 13.1 Å². The first kappa shape index (κ1) is 27.6. The number of likely N-dealkylation sites (tertiary alicyclic amines) is 1. The summed E-state index contributed by atoms with van der Waals surface area (Å²) >= 11 is 0. The topological polar surface area (TPSA) is 116 Å². The number of amides is 1. The Morgan fingerprint density at radius 1 is 0.907 bits per heavy atom. The highest BCUT2D eigenvalue weighted by Crippen LogP contribution is 2.34. The first-order chi connectivity index (χ1) is 20.9. The Kier molecular flexibility index (Phi) is 7.33. The molecule has 8 heteroatoms. The van der Waals surface area contributed by atoms with E-state index in [1.165, 1.54) is 22.9 Å². The van der Waals surface area contributed by atoms with Crippen LogP contribution in [0.5, 0.6) is 0 Å². The summed E-state index contributed by atoms with van der Waals surface area (Å²) in [5, 5.41) is 5.84. The minimum Gasteiger partial charge on any atom is -0.346 e. The second-order valence-electron chi connectivity index (χ2n) is 12.3. The van der Waals surface area contributed by atoms with Crippen molar-refractivity contribution in [2.45, 2.75) is 57.7 Å². The van der Waals surface area contributed by atoms with Crippen molar-refractivity contribution in [3.8, 4) is 33.6 Å².